The van der Waals surface area contributed by atoms with E-state index in [9.17, 15) is 8.42 Å². The first kappa shape index (κ1) is 20.6. The van der Waals surface area contributed by atoms with Crippen molar-refractivity contribution < 1.29 is 12.6 Å². The maximum atomic E-state index is 11.1. The third kappa shape index (κ3) is 5.16. The molecule has 4 nitrogen and oxygen atoms in total. The number of nitrogens with zero attached hydrogens (tertiary/aromatic N) is 1. The first-order chi connectivity index (χ1) is 12.3. The van der Waals surface area contributed by atoms with Crippen LogP contribution in [0.3, 0.4) is 0 Å². The highest BCUT2D eigenvalue weighted by Crippen LogP contribution is 2.36. The van der Waals surface area contributed by atoms with Gasteiger partial charge in [0, 0.05) is 17.1 Å². The van der Waals surface area contributed by atoms with E-state index < -0.39 is 10.1 Å². The summed E-state index contributed by atoms with van der Waals surface area (Å²) in [5.74, 6) is 0.0903. The smallest absolute Gasteiger partial charge is 0.264 e. The minimum atomic E-state index is -3.42. The zero-order chi connectivity index (χ0) is 19.3. The van der Waals surface area contributed by atoms with Crippen LogP contribution in [0.5, 0.6) is 0 Å². The van der Waals surface area contributed by atoms with Gasteiger partial charge in [0.25, 0.3) is 10.1 Å². The summed E-state index contributed by atoms with van der Waals surface area (Å²) < 4.78 is 27.2. The number of hydrogen-bond donors (Lipinski definition) is 0. The molecule has 1 aromatic carbocycles. The van der Waals surface area contributed by atoms with E-state index in [1.54, 1.807) is 6.20 Å². The fourth-order valence-corrected chi connectivity index (χ4v) is 3.77. The second-order valence-corrected chi connectivity index (χ2v) is 8.27. The minimum Gasteiger partial charge on any atom is -0.270 e. The lowest BCUT2D eigenvalue weighted by molar-refractivity contribution is 0.316. The molecule has 6 heteroatoms. The van der Waals surface area contributed by atoms with Crippen molar-refractivity contribution in [2.75, 3.05) is 12.9 Å². The quantitative estimate of drug-likeness (QED) is 0.497. The maximum absolute atomic E-state index is 11.1. The SMILES string of the molecule is C=CN=C1/C(=C\C)C(CCCOS(C)(=O)=O)=Cc2cc(Cl)ccc2C1C. The molecule has 1 atom stereocenters. The highest BCUT2D eigenvalue weighted by atomic mass is 35.5. The van der Waals surface area contributed by atoms with Crippen LogP contribution in [-0.2, 0) is 14.3 Å². The summed E-state index contributed by atoms with van der Waals surface area (Å²) in [5, 5.41) is 0.679. The van der Waals surface area contributed by atoms with E-state index in [0.29, 0.717) is 17.9 Å². The van der Waals surface area contributed by atoms with E-state index in [1.807, 2.05) is 31.2 Å². The molecular weight excluding hydrogens is 370 g/mol. The van der Waals surface area contributed by atoms with Crippen LogP contribution in [0.4, 0.5) is 0 Å². The number of aliphatic imine (C=N–C) groups is 1. The monoisotopic (exact) mass is 393 g/mol. The van der Waals surface area contributed by atoms with Crippen molar-refractivity contribution in [1.29, 1.82) is 0 Å². The molecule has 2 rings (SSSR count). The van der Waals surface area contributed by atoms with Gasteiger partial charge < -0.3 is 0 Å². The van der Waals surface area contributed by atoms with Crippen molar-refractivity contribution in [3.05, 3.63) is 64.3 Å². The number of allylic oxidation sites excluding steroid dienone is 3. The van der Waals surface area contributed by atoms with Crippen LogP contribution in [0, 0.1) is 0 Å². The van der Waals surface area contributed by atoms with Crippen LogP contribution in [0.2, 0.25) is 5.02 Å². The zero-order valence-corrected chi connectivity index (χ0v) is 16.9. The van der Waals surface area contributed by atoms with Crippen molar-refractivity contribution in [1.82, 2.24) is 0 Å². The zero-order valence-electron chi connectivity index (χ0n) is 15.3. The molecule has 0 heterocycles. The molecule has 0 spiro atoms. The molecule has 0 fully saturated rings. The van der Waals surface area contributed by atoms with Gasteiger partial charge in [-0.1, -0.05) is 43.3 Å². The van der Waals surface area contributed by atoms with Gasteiger partial charge in [0.1, 0.15) is 0 Å². The molecule has 1 unspecified atom stereocenters. The van der Waals surface area contributed by atoms with Gasteiger partial charge in [0.05, 0.1) is 18.6 Å². The number of halogens is 1. The molecule has 0 aliphatic heterocycles. The lowest BCUT2D eigenvalue weighted by Gasteiger charge is -2.17. The largest absolute Gasteiger partial charge is 0.270 e. The molecule has 0 radical (unpaired) electrons. The average molecular weight is 394 g/mol. The lowest BCUT2D eigenvalue weighted by atomic mass is 9.89. The molecule has 0 amide bonds. The Kier molecular flexibility index (Phi) is 6.98. The van der Waals surface area contributed by atoms with E-state index in [2.05, 4.69) is 24.6 Å². The molecule has 1 aromatic rings. The van der Waals surface area contributed by atoms with E-state index in [-0.39, 0.29) is 12.5 Å². The third-order valence-corrected chi connectivity index (χ3v) is 5.11. The van der Waals surface area contributed by atoms with Gasteiger partial charge in [0.15, 0.2) is 0 Å². The third-order valence-electron chi connectivity index (χ3n) is 4.28. The first-order valence-electron chi connectivity index (χ1n) is 8.47. The molecule has 0 saturated carbocycles. The van der Waals surface area contributed by atoms with Crippen LogP contribution < -0.4 is 0 Å². The Hall–Kier alpha value is -1.69. The van der Waals surface area contributed by atoms with Gasteiger partial charge in [0.2, 0.25) is 0 Å². The Labute approximate surface area is 161 Å². The molecule has 0 N–H and O–H groups in total. The Balaban J connectivity index is 2.42. The predicted molar refractivity (Wildman–Crippen MR) is 109 cm³/mol. The highest BCUT2D eigenvalue weighted by molar-refractivity contribution is 7.85. The first-order valence-corrected chi connectivity index (χ1v) is 10.7. The van der Waals surface area contributed by atoms with Crippen LogP contribution in [0.1, 0.15) is 43.7 Å². The molecule has 0 aromatic heterocycles. The molecule has 26 heavy (non-hydrogen) atoms. The summed E-state index contributed by atoms with van der Waals surface area (Å²) in [6.45, 7) is 7.99. The summed E-state index contributed by atoms with van der Waals surface area (Å²) in [5.41, 5.74) is 5.27. The van der Waals surface area contributed by atoms with Gasteiger partial charge in [-0.2, -0.15) is 8.42 Å². The average Bonchev–Trinajstić information content (AvgIpc) is 2.66. The fraction of sp³-hybridized carbons (Fsp3) is 0.350. The molecule has 1 aliphatic rings. The standard InChI is InChI=1S/C20H24ClNO3S/c1-5-18-15(8-7-11-25-26(4,23)24)12-16-13-17(21)9-10-19(16)14(3)20(18)22-6-2/h5-6,9-10,12-14H,2,7-8,11H2,1,3-4H3/b18-5-,22-20?. The van der Waals surface area contributed by atoms with Gasteiger partial charge in [-0.15, -0.1) is 0 Å². The van der Waals surface area contributed by atoms with Crippen molar-refractivity contribution in [3.8, 4) is 0 Å². The van der Waals surface area contributed by atoms with Gasteiger partial charge in [-0.25, -0.2) is 0 Å². The Morgan fingerprint density at radius 1 is 1.38 bits per heavy atom. The number of hydrogen-bond acceptors (Lipinski definition) is 4. The molecule has 1 aliphatic carbocycles. The Bertz CT molecular complexity index is 882. The summed E-state index contributed by atoms with van der Waals surface area (Å²) in [7, 11) is -3.42. The maximum Gasteiger partial charge on any atom is 0.264 e. The van der Waals surface area contributed by atoms with Crippen molar-refractivity contribution in [2.24, 2.45) is 4.99 Å². The van der Waals surface area contributed by atoms with Gasteiger partial charge in [-0.3, -0.25) is 9.18 Å². The van der Waals surface area contributed by atoms with E-state index in [1.165, 1.54) is 0 Å². The topological polar surface area (TPSA) is 55.7 Å². The van der Waals surface area contributed by atoms with Gasteiger partial charge >= 0.3 is 0 Å². The van der Waals surface area contributed by atoms with Crippen molar-refractivity contribution in [2.45, 2.75) is 32.6 Å². The summed E-state index contributed by atoms with van der Waals surface area (Å²) in [6.07, 6.45) is 8.02. The molecule has 140 valence electrons. The highest BCUT2D eigenvalue weighted by Gasteiger charge is 2.24. The van der Waals surface area contributed by atoms with Gasteiger partial charge in [-0.05, 0) is 54.2 Å². The lowest BCUT2D eigenvalue weighted by Crippen LogP contribution is -2.13. The predicted octanol–water partition coefficient (Wildman–Crippen LogP) is 5.13. The van der Waals surface area contributed by atoms with Crippen molar-refractivity contribution >= 4 is 33.5 Å². The van der Waals surface area contributed by atoms with Crippen LogP contribution >= 0.6 is 11.6 Å². The number of fused-ring (bicyclic) bond motifs is 1. The van der Waals surface area contributed by atoms with Crippen molar-refractivity contribution in [3.63, 3.8) is 0 Å². The molecule has 0 saturated heterocycles. The second kappa shape index (κ2) is 8.80. The van der Waals surface area contributed by atoms with Crippen LogP contribution in [0.15, 0.2) is 53.2 Å². The normalized spacial score (nSPS) is 20.6. The fourth-order valence-electron chi connectivity index (χ4n) is 3.17. The summed E-state index contributed by atoms with van der Waals surface area (Å²) in [6, 6.07) is 5.86. The van der Waals surface area contributed by atoms with Crippen LogP contribution in [-0.4, -0.2) is 27.0 Å². The summed E-state index contributed by atoms with van der Waals surface area (Å²) in [4.78, 5) is 4.53. The number of rotatable bonds is 6. The van der Waals surface area contributed by atoms with E-state index in [0.717, 1.165) is 34.2 Å². The van der Waals surface area contributed by atoms with Crippen LogP contribution in [0.25, 0.3) is 6.08 Å². The molecule has 0 bridgehead atoms. The second-order valence-electron chi connectivity index (χ2n) is 6.19. The number of benzene rings is 1. The van der Waals surface area contributed by atoms with E-state index >= 15 is 0 Å². The Morgan fingerprint density at radius 3 is 2.73 bits per heavy atom. The molecular formula is C20H24ClNO3S. The minimum absolute atomic E-state index is 0.0903. The van der Waals surface area contributed by atoms with E-state index in [4.69, 9.17) is 15.8 Å². The Morgan fingerprint density at radius 2 is 2.12 bits per heavy atom. The summed E-state index contributed by atoms with van der Waals surface area (Å²) >= 11 is 6.19.